The van der Waals surface area contributed by atoms with Crippen LogP contribution in [-0.2, 0) is 0 Å². The van der Waals surface area contributed by atoms with Crippen LogP contribution in [-0.4, -0.2) is 11.2 Å². The zero-order valence-electron chi connectivity index (χ0n) is 11.4. The van der Waals surface area contributed by atoms with Gasteiger partial charge in [-0.3, -0.25) is 0 Å². The highest BCUT2D eigenvalue weighted by Gasteiger charge is 2.12. The van der Waals surface area contributed by atoms with Crippen LogP contribution >= 0.6 is 39.7 Å². The molecular formula is C15H20BrClN2S. The zero-order chi connectivity index (χ0) is 14.4. The molecule has 5 heteroatoms. The monoisotopic (exact) mass is 374 g/mol. The third-order valence-corrected chi connectivity index (χ3v) is 5.07. The Balaban J connectivity index is 1.85. The number of nitrogens with one attached hydrogen (secondary N) is 2. The lowest BCUT2D eigenvalue weighted by atomic mass is 9.97. The van der Waals surface area contributed by atoms with Gasteiger partial charge in [-0.15, -0.1) is 0 Å². The number of thiocarbonyl (C=S) groups is 1. The minimum atomic E-state index is 0.501. The van der Waals surface area contributed by atoms with Crippen molar-refractivity contribution in [2.75, 3.05) is 5.32 Å². The summed E-state index contributed by atoms with van der Waals surface area (Å²) < 4.78 is 0.892. The van der Waals surface area contributed by atoms with Crippen molar-refractivity contribution in [1.82, 2.24) is 5.32 Å². The molecule has 0 aromatic heterocycles. The molecule has 0 spiro atoms. The van der Waals surface area contributed by atoms with Crippen molar-refractivity contribution < 1.29 is 0 Å². The Morgan fingerprint density at radius 1 is 1.15 bits per heavy atom. The Morgan fingerprint density at radius 2 is 1.80 bits per heavy atom. The van der Waals surface area contributed by atoms with E-state index in [9.17, 15) is 0 Å². The normalized spacial score (nSPS) is 17.1. The Hall–Kier alpha value is -0.320. The minimum absolute atomic E-state index is 0.501. The first-order chi connectivity index (χ1) is 9.65. The number of rotatable bonds is 2. The standard InChI is InChI=1S/C15H20BrClN2S/c16-13-9-8-12(10-14(13)17)19-15(20)18-11-6-4-2-1-3-5-7-11/h8-11H,1-7H2,(H2,18,19,20). The summed E-state index contributed by atoms with van der Waals surface area (Å²) in [5, 5.41) is 8.02. The van der Waals surface area contributed by atoms with E-state index in [1.165, 1.54) is 44.9 Å². The van der Waals surface area contributed by atoms with Crippen LogP contribution < -0.4 is 10.6 Å². The second-order valence-electron chi connectivity index (χ2n) is 5.27. The van der Waals surface area contributed by atoms with Crippen LogP contribution in [0.2, 0.25) is 5.02 Å². The van der Waals surface area contributed by atoms with Crippen LogP contribution in [0.3, 0.4) is 0 Å². The van der Waals surface area contributed by atoms with Crippen molar-refractivity contribution in [2.45, 2.75) is 51.0 Å². The first kappa shape index (κ1) is 16.1. The highest BCUT2D eigenvalue weighted by atomic mass is 79.9. The molecule has 0 saturated heterocycles. The Morgan fingerprint density at radius 3 is 2.45 bits per heavy atom. The van der Waals surface area contributed by atoms with E-state index in [2.05, 4.69) is 26.6 Å². The van der Waals surface area contributed by atoms with Gasteiger partial charge in [-0.25, -0.2) is 0 Å². The molecule has 1 aromatic carbocycles. The maximum absolute atomic E-state index is 6.08. The summed E-state index contributed by atoms with van der Waals surface area (Å²) in [5.41, 5.74) is 0.918. The topological polar surface area (TPSA) is 24.1 Å². The Bertz CT molecular complexity index is 459. The fourth-order valence-corrected chi connectivity index (χ4v) is 3.24. The van der Waals surface area contributed by atoms with E-state index in [4.69, 9.17) is 23.8 Å². The van der Waals surface area contributed by atoms with Gasteiger partial charge in [0.1, 0.15) is 0 Å². The van der Waals surface area contributed by atoms with E-state index >= 15 is 0 Å². The summed E-state index contributed by atoms with van der Waals surface area (Å²) in [7, 11) is 0. The molecule has 1 aliphatic carbocycles. The largest absolute Gasteiger partial charge is 0.360 e. The first-order valence-corrected chi connectivity index (χ1v) is 8.75. The molecule has 1 aliphatic rings. The summed E-state index contributed by atoms with van der Waals surface area (Å²) in [6, 6.07) is 6.25. The lowest BCUT2D eigenvalue weighted by Crippen LogP contribution is -2.38. The van der Waals surface area contributed by atoms with E-state index in [-0.39, 0.29) is 0 Å². The van der Waals surface area contributed by atoms with Gasteiger partial charge in [0.25, 0.3) is 0 Å². The number of hydrogen-bond acceptors (Lipinski definition) is 1. The first-order valence-electron chi connectivity index (χ1n) is 7.18. The molecule has 0 heterocycles. The van der Waals surface area contributed by atoms with Gasteiger partial charge in [0.05, 0.1) is 5.02 Å². The van der Waals surface area contributed by atoms with E-state index < -0.39 is 0 Å². The molecule has 0 aliphatic heterocycles. The van der Waals surface area contributed by atoms with E-state index in [0.29, 0.717) is 16.2 Å². The molecule has 0 atom stereocenters. The van der Waals surface area contributed by atoms with Gasteiger partial charge in [0.15, 0.2) is 5.11 Å². The maximum Gasteiger partial charge on any atom is 0.170 e. The quantitative estimate of drug-likeness (QED) is 0.667. The molecule has 1 aromatic rings. The van der Waals surface area contributed by atoms with E-state index in [1.807, 2.05) is 18.2 Å². The molecule has 1 saturated carbocycles. The van der Waals surface area contributed by atoms with E-state index in [1.54, 1.807) is 0 Å². The van der Waals surface area contributed by atoms with Gasteiger partial charge in [-0.05, 0) is 59.2 Å². The van der Waals surface area contributed by atoms with Gasteiger partial charge in [-0.2, -0.15) is 0 Å². The van der Waals surface area contributed by atoms with Gasteiger partial charge >= 0.3 is 0 Å². The SMILES string of the molecule is S=C(Nc1ccc(Br)c(Cl)c1)NC1CCCCCCC1. The molecule has 2 N–H and O–H groups in total. The predicted octanol–water partition coefficient (Wildman–Crippen LogP) is 5.50. The van der Waals surface area contributed by atoms with Gasteiger partial charge < -0.3 is 10.6 Å². The van der Waals surface area contributed by atoms with Crippen molar-refractivity contribution in [2.24, 2.45) is 0 Å². The van der Waals surface area contributed by atoms with Gasteiger partial charge in [0, 0.05) is 16.2 Å². The molecule has 0 unspecified atom stereocenters. The number of hydrogen-bond donors (Lipinski definition) is 2. The van der Waals surface area contributed by atoms with Gasteiger partial charge in [0.2, 0.25) is 0 Å². The zero-order valence-corrected chi connectivity index (χ0v) is 14.6. The summed E-state index contributed by atoms with van der Waals surface area (Å²) >= 11 is 14.9. The second kappa shape index (κ2) is 8.20. The summed E-state index contributed by atoms with van der Waals surface area (Å²) in [6.07, 6.45) is 9.09. The third-order valence-electron chi connectivity index (χ3n) is 3.62. The smallest absolute Gasteiger partial charge is 0.170 e. The lowest BCUT2D eigenvalue weighted by Gasteiger charge is -2.23. The molecule has 1 fully saturated rings. The van der Waals surface area contributed by atoms with Crippen LogP contribution in [0.1, 0.15) is 44.9 Å². The highest BCUT2D eigenvalue weighted by molar-refractivity contribution is 9.10. The molecule has 2 rings (SSSR count). The van der Waals surface area contributed by atoms with Gasteiger partial charge in [-0.1, -0.05) is 43.7 Å². The molecule has 0 bridgehead atoms. The van der Waals surface area contributed by atoms with E-state index in [0.717, 1.165) is 10.2 Å². The average molecular weight is 376 g/mol. The maximum atomic E-state index is 6.08. The second-order valence-corrected chi connectivity index (χ2v) is 6.94. The summed E-state index contributed by atoms with van der Waals surface area (Å²) in [4.78, 5) is 0. The molecule has 0 radical (unpaired) electrons. The summed E-state index contributed by atoms with van der Waals surface area (Å²) in [6.45, 7) is 0. The highest BCUT2D eigenvalue weighted by Crippen LogP contribution is 2.25. The number of anilines is 1. The number of benzene rings is 1. The molecule has 0 amide bonds. The fourth-order valence-electron chi connectivity index (χ4n) is 2.53. The van der Waals surface area contributed by atoms with Crippen molar-refractivity contribution in [3.63, 3.8) is 0 Å². The van der Waals surface area contributed by atoms with Crippen molar-refractivity contribution in [3.8, 4) is 0 Å². The van der Waals surface area contributed by atoms with Crippen LogP contribution in [0.25, 0.3) is 0 Å². The third kappa shape index (κ3) is 5.23. The fraction of sp³-hybridized carbons (Fsp3) is 0.533. The Labute approximate surface area is 139 Å². The van der Waals surface area contributed by atoms with Crippen molar-refractivity contribution in [3.05, 3.63) is 27.7 Å². The predicted molar refractivity (Wildman–Crippen MR) is 94.6 cm³/mol. The minimum Gasteiger partial charge on any atom is -0.360 e. The molecule has 2 nitrogen and oxygen atoms in total. The van der Waals surface area contributed by atoms with Crippen LogP contribution in [0.5, 0.6) is 0 Å². The van der Waals surface area contributed by atoms with Crippen LogP contribution in [0.15, 0.2) is 22.7 Å². The Kier molecular flexibility index (Phi) is 6.59. The summed E-state index contributed by atoms with van der Waals surface area (Å²) in [5.74, 6) is 0. The van der Waals surface area contributed by atoms with Crippen molar-refractivity contribution in [1.29, 1.82) is 0 Å². The lowest BCUT2D eigenvalue weighted by molar-refractivity contribution is 0.430. The van der Waals surface area contributed by atoms with Crippen LogP contribution in [0, 0.1) is 0 Å². The average Bonchev–Trinajstić information content (AvgIpc) is 2.37. The van der Waals surface area contributed by atoms with Crippen LogP contribution in [0.4, 0.5) is 5.69 Å². The van der Waals surface area contributed by atoms with Crippen molar-refractivity contribution >= 4 is 50.5 Å². The molecular weight excluding hydrogens is 356 g/mol. The number of halogens is 2. The molecule has 20 heavy (non-hydrogen) atoms. The molecule has 110 valence electrons.